The first-order valence-corrected chi connectivity index (χ1v) is 13.0. The maximum atomic E-state index is 13.7. The van der Waals surface area contributed by atoms with E-state index < -0.39 is 40.2 Å². The molecule has 1 atom stereocenters. The molecule has 0 radical (unpaired) electrons. The zero-order valence-electron chi connectivity index (χ0n) is 21.1. The van der Waals surface area contributed by atoms with Gasteiger partial charge in [0.05, 0.1) is 17.7 Å². The van der Waals surface area contributed by atoms with Crippen LogP contribution in [0.5, 0.6) is 5.75 Å². The van der Waals surface area contributed by atoms with E-state index in [4.69, 9.17) is 4.74 Å². The molecule has 0 saturated heterocycles. The fraction of sp³-hybridized carbons (Fsp3) is 0.259. The Morgan fingerprint density at radius 1 is 1.03 bits per heavy atom. The van der Waals surface area contributed by atoms with Gasteiger partial charge >= 0.3 is 0 Å². The van der Waals surface area contributed by atoms with Gasteiger partial charge in [-0.25, -0.2) is 12.8 Å². The molecule has 0 aliphatic carbocycles. The summed E-state index contributed by atoms with van der Waals surface area (Å²) in [5.74, 6) is -1.08. The number of benzene rings is 3. The minimum atomic E-state index is -4.24. The summed E-state index contributed by atoms with van der Waals surface area (Å²) < 4.78 is 47.0. The average Bonchev–Trinajstić information content (AvgIpc) is 2.90. The van der Waals surface area contributed by atoms with Crippen molar-refractivity contribution in [1.82, 2.24) is 10.2 Å². The first-order chi connectivity index (χ1) is 17.6. The molecule has 196 valence electrons. The van der Waals surface area contributed by atoms with Crippen LogP contribution in [0.3, 0.4) is 0 Å². The lowest BCUT2D eigenvalue weighted by Crippen LogP contribution is -2.50. The van der Waals surface area contributed by atoms with Crippen LogP contribution >= 0.6 is 0 Å². The van der Waals surface area contributed by atoms with Crippen LogP contribution in [0, 0.1) is 12.7 Å². The first-order valence-electron chi connectivity index (χ1n) is 11.6. The Morgan fingerprint density at radius 3 is 2.24 bits per heavy atom. The predicted molar refractivity (Wildman–Crippen MR) is 139 cm³/mol. The summed E-state index contributed by atoms with van der Waals surface area (Å²) in [6.07, 6.45) is 0. The van der Waals surface area contributed by atoms with Crippen molar-refractivity contribution in [2.45, 2.75) is 31.3 Å². The minimum Gasteiger partial charge on any atom is -0.497 e. The molecule has 2 amide bonds. The second-order valence-electron chi connectivity index (χ2n) is 8.46. The van der Waals surface area contributed by atoms with E-state index in [0.717, 1.165) is 27.6 Å². The van der Waals surface area contributed by atoms with Crippen LogP contribution in [0.25, 0.3) is 0 Å². The molecule has 3 aromatic rings. The van der Waals surface area contributed by atoms with Gasteiger partial charge in [-0.15, -0.1) is 0 Å². The number of carbonyl (C=O) groups is 2. The van der Waals surface area contributed by atoms with Crippen LogP contribution in [0.1, 0.15) is 18.1 Å². The molecule has 0 saturated carbocycles. The quantitative estimate of drug-likeness (QED) is 0.436. The maximum Gasteiger partial charge on any atom is 0.264 e. The average molecular weight is 528 g/mol. The molecule has 1 unspecified atom stereocenters. The summed E-state index contributed by atoms with van der Waals surface area (Å²) in [5, 5.41) is 2.54. The lowest BCUT2D eigenvalue weighted by atomic mass is 10.1. The Hall–Kier alpha value is -3.92. The highest BCUT2D eigenvalue weighted by molar-refractivity contribution is 7.92. The van der Waals surface area contributed by atoms with E-state index in [2.05, 4.69) is 5.32 Å². The Bertz CT molecular complexity index is 1350. The van der Waals surface area contributed by atoms with Crippen LogP contribution in [-0.4, -0.2) is 51.9 Å². The molecule has 3 rings (SSSR count). The minimum absolute atomic E-state index is 0.0741. The predicted octanol–water partition coefficient (Wildman–Crippen LogP) is 3.50. The molecular formula is C27H30FN3O5S. The fourth-order valence-corrected chi connectivity index (χ4v) is 5.22. The normalized spacial score (nSPS) is 11.9. The molecule has 0 aromatic heterocycles. The zero-order valence-corrected chi connectivity index (χ0v) is 22.0. The van der Waals surface area contributed by atoms with E-state index in [1.807, 2.05) is 31.2 Å². The summed E-state index contributed by atoms with van der Waals surface area (Å²) in [7, 11) is -1.32. The monoisotopic (exact) mass is 527 g/mol. The molecule has 0 fully saturated rings. The van der Waals surface area contributed by atoms with Crippen molar-refractivity contribution in [3.8, 4) is 5.75 Å². The van der Waals surface area contributed by atoms with E-state index >= 15 is 0 Å². The molecule has 0 heterocycles. The lowest BCUT2D eigenvalue weighted by molar-refractivity contribution is -0.139. The number of anilines is 1. The summed E-state index contributed by atoms with van der Waals surface area (Å²) in [6, 6.07) is 17.1. The Kier molecular flexibility index (Phi) is 8.88. The van der Waals surface area contributed by atoms with Crippen LogP contribution in [0.4, 0.5) is 10.1 Å². The number of sulfonamides is 1. The number of halogens is 1. The van der Waals surface area contributed by atoms with Crippen LogP contribution in [0.15, 0.2) is 77.7 Å². The van der Waals surface area contributed by atoms with Gasteiger partial charge < -0.3 is 15.0 Å². The molecule has 3 aromatic carbocycles. The van der Waals surface area contributed by atoms with E-state index in [1.165, 1.54) is 55.5 Å². The van der Waals surface area contributed by atoms with Crippen molar-refractivity contribution in [3.63, 3.8) is 0 Å². The molecule has 8 nitrogen and oxygen atoms in total. The van der Waals surface area contributed by atoms with Gasteiger partial charge in [0, 0.05) is 13.6 Å². The molecule has 10 heteroatoms. The molecule has 0 aliphatic rings. The number of carbonyl (C=O) groups excluding carboxylic acids is 2. The molecule has 0 spiro atoms. The van der Waals surface area contributed by atoms with E-state index in [1.54, 1.807) is 6.92 Å². The topological polar surface area (TPSA) is 96.0 Å². The molecule has 1 N–H and O–H groups in total. The fourth-order valence-electron chi connectivity index (χ4n) is 3.81. The summed E-state index contributed by atoms with van der Waals surface area (Å²) in [4.78, 5) is 27.4. The highest BCUT2D eigenvalue weighted by Crippen LogP contribution is 2.26. The van der Waals surface area contributed by atoms with Crippen molar-refractivity contribution < 1.29 is 27.1 Å². The number of rotatable bonds is 10. The molecule has 0 bridgehead atoms. The van der Waals surface area contributed by atoms with Gasteiger partial charge in [-0.3, -0.25) is 13.9 Å². The third-order valence-electron chi connectivity index (χ3n) is 5.89. The standard InChI is InChI=1S/C27H30FN3O5S/c1-19-6-5-7-21(16-19)17-30(20(2)27(33)29-3)26(32)18-31(23-10-8-22(28)9-11-23)37(34,35)25-14-12-24(36-4)13-15-25/h5-16,20H,17-18H2,1-4H3,(H,29,33). The Balaban J connectivity index is 2.02. The van der Waals surface area contributed by atoms with Crippen molar-refractivity contribution in [3.05, 3.63) is 89.7 Å². The Morgan fingerprint density at radius 2 is 1.68 bits per heavy atom. The number of hydrogen-bond donors (Lipinski definition) is 1. The van der Waals surface area contributed by atoms with E-state index in [-0.39, 0.29) is 17.1 Å². The smallest absolute Gasteiger partial charge is 0.264 e. The van der Waals surface area contributed by atoms with Gasteiger partial charge in [-0.2, -0.15) is 0 Å². The number of likely N-dealkylation sites (N-methyl/N-ethyl adjacent to an activating group) is 1. The van der Waals surface area contributed by atoms with Crippen molar-refractivity contribution in [2.24, 2.45) is 0 Å². The zero-order chi connectivity index (χ0) is 27.2. The maximum absolute atomic E-state index is 13.7. The van der Waals surface area contributed by atoms with Crippen LogP contribution < -0.4 is 14.4 Å². The SMILES string of the molecule is CNC(=O)C(C)N(Cc1cccc(C)c1)C(=O)CN(c1ccc(F)cc1)S(=O)(=O)c1ccc(OC)cc1. The van der Waals surface area contributed by atoms with Gasteiger partial charge in [0.2, 0.25) is 11.8 Å². The Labute approximate surface area is 216 Å². The lowest BCUT2D eigenvalue weighted by Gasteiger charge is -2.31. The molecule has 0 aliphatic heterocycles. The highest BCUT2D eigenvalue weighted by Gasteiger charge is 2.32. The van der Waals surface area contributed by atoms with Gasteiger partial charge in [0.15, 0.2) is 0 Å². The van der Waals surface area contributed by atoms with Crippen LogP contribution in [0.2, 0.25) is 0 Å². The van der Waals surface area contributed by atoms with Crippen molar-refractivity contribution >= 4 is 27.5 Å². The molecular weight excluding hydrogens is 497 g/mol. The summed E-state index contributed by atoms with van der Waals surface area (Å²) >= 11 is 0. The van der Waals surface area contributed by atoms with Gasteiger partial charge in [0.1, 0.15) is 24.2 Å². The second-order valence-corrected chi connectivity index (χ2v) is 10.3. The number of nitrogens with one attached hydrogen (secondary N) is 1. The second kappa shape index (κ2) is 11.9. The van der Waals surface area contributed by atoms with Crippen molar-refractivity contribution in [2.75, 3.05) is 25.0 Å². The number of aryl methyl sites for hydroxylation is 1. The number of hydrogen-bond acceptors (Lipinski definition) is 5. The van der Waals surface area contributed by atoms with Gasteiger partial charge in [0.25, 0.3) is 10.0 Å². The third-order valence-corrected chi connectivity index (χ3v) is 7.68. The van der Waals surface area contributed by atoms with E-state index in [0.29, 0.717) is 5.75 Å². The van der Waals surface area contributed by atoms with Gasteiger partial charge in [-0.1, -0.05) is 29.8 Å². The van der Waals surface area contributed by atoms with Crippen LogP contribution in [-0.2, 0) is 26.2 Å². The summed E-state index contributed by atoms with van der Waals surface area (Å²) in [6.45, 7) is 2.98. The molecule has 37 heavy (non-hydrogen) atoms. The number of methoxy groups -OCH3 is 1. The largest absolute Gasteiger partial charge is 0.497 e. The van der Waals surface area contributed by atoms with Crippen molar-refractivity contribution in [1.29, 1.82) is 0 Å². The third kappa shape index (κ3) is 6.65. The highest BCUT2D eigenvalue weighted by atomic mass is 32.2. The van der Waals surface area contributed by atoms with E-state index in [9.17, 15) is 22.4 Å². The number of amides is 2. The first kappa shape index (κ1) is 27.7. The number of nitrogens with zero attached hydrogens (tertiary/aromatic N) is 2. The summed E-state index contributed by atoms with van der Waals surface area (Å²) in [5.41, 5.74) is 1.87. The number of ether oxygens (including phenoxy) is 1. The van der Waals surface area contributed by atoms with Gasteiger partial charge in [-0.05, 0) is 67.9 Å².